The van der Waals surface area contributed by atoms with Crippen LogP contribution in [0.2, 0.25) is 0 Å². The molecule has 1 heterocycles. The van der Waals surface area contributed by atoms with Crippen LogP contribution in [0.1, 0.15) is 43.4 Å². The maximum Gasteiger partial charge on any atom is 0.272 e. The molecular weight excluding hydrogens is 620 g/mol. The molecule has 7 heteroatoms. The van der Waals surface area contributed by atoms with Crippen LogP contribution in [0.5, 0.6) is 0 Å². The third kappa shape index (κ3) is 7.42. The average Bonchev–Trinajstić information content (AvgIpc) is 3.24. The molecule has 0 aromatic heterocycles. The lowest BCUT2D eigenvalue weighted by molar-refractivity contribution is -0.135. The Hall–Kier alpha value is -5.82. The molecular formula is C43H42N4O3. The summed E-state index contributed by atoms with van der Waals surface area (Å²) in [7, 11) is 0. The Bertz CT molecular complexity index is 2070. The van der Waals surface area contributed by atoms with Gasteiger partial charge in [-0.3, -0.25) is 14.4 Å². The molecule has 3 atom stereocenters. The van der Waals surface area contributed by atoms with E-state index in [9.17, 15) is 14.4 Å². The number of anilines is 1. The highest BCUT2D eigenvalue weighted by atomic mass is 16.2. The van der Waals surface area contributed by atoms with Gasteiger partial charge in [0, 0.05) is 11.1 Å². The molecule has 0 aliphatic carbocycles. The molecule has 7 nitrogen and oxygen atoms in total. The maximum atomic E-state index is 14.7. The first kappa shape index (κ1) is 34.1. The number of hydrogen-bond acceptors (Lipinski definition) is 4. The molecule has 0 fully saturated rings. The highest BCUT2D eigenvalue weighted by Crippen LogP contribution is 2.32. The fourth-order valence-corrected chi connectivity index (χ4v) is 6.78. The van der Waals surface area contributed by atoms with E-state index in [1.165, 1.54) is 5.39 Å². The fraction of sp³-hybridized carbons (Fsp3) is 0.209. The topological polar surface area (TPSA) is 105 Å². The molecule has 5 aromatic rings. The van der Waals surface area contributed by atoms with Crippen molar-refractivity contribution < 1.29 is 14.4 Å². The van der Waals surface area contributed by atoms with Crippen LogP contribution in [-0.2, 0) is 20.9 Å². The Balaban J connectivity index is 1.40. The number of benzodiazepines with no additional fused rings is 1. The largest absolute Gasteiger partial charge is 0.369 e. The molecule has 0 saturated carbocycles. The van der Waals surface area contributed by atoms with Crippen LogP contribution >= 0.6 is 0 Å². The number of nitrogens with one attached hydrogen (secondary N) is 1. The second kappa shape index (κ2) is 15.2. The van der Waals surface area contributed by atoms with Crippen LogP contribution in [0.4, 0.5) is 5.69 Å². The van der Waals surface area contributed by atoms with Gasteiger partial charge >= 0.3 is 0 Å². The van der Waals surface area contributed by atoms with E-state index >= 15 is 0 Å². The number of fused-ring (bicyclic) bond motifs is 2. The van der Waals surface area contributed by atoms with Crippen molar-refractivity contribution in [2.45, 2.75) is 39.4 Å². The monoisotopic (exact) mass is 662 g/mol. The van der Waals surface area contributed by atoms with Crippen molar-refractivity contribution in [1.82, 2.24) is 5.32 Å². The van der Waals surface area contributed by atoms with Crippen molar-refractivity contribution in [2.75, 3.05) is 4.90 Å². The van der Waals surface area contributed by atoms with E-state index < -0.39 is 29.8 Å². The number of benzene rings is 5. The number of primary amides is 1. The van der Waals surface area contributed by atoms with Gasteiger partial charge in [0.25, 0.3) is 5.91 Å². The molecule has 0 spiro atoms. The van der Waals surface area contributed by atoms with Gasteiger partial charge in [-0.1, -0.05) is 123 Å². The number of hydrogen-bond donors (Lipinski definition) is 2. The predicted molar refractivity (Wildman–Crippen MR) is 201 cm³/mol. The summed E-state index contributed by atoms with van der Waals surface area (Å²) in [5.74, 6) is -2.82. The second-order valence-corrected chi connectivity index (χ2v) is 13.2. The minimum atomic E-state index is -1.25. The number of para-hydroxylation sites is 1. The predicted octanol–water partition coefficient (Wildman–Crippen LogP) is 7.67. The molecule has 3 N–H and O–H groups in total. The lowest BCUT2D eigenvalue weighted by Crippen LogP contribution is -2.50. The summed E-state index contributed by atoms with van der Waals surface area (Å²) in [4.78, 5) is 48.0. The van der Waals surface area contributed by atoms with Crippen LogP contribution in [-0.4, -0.2) is 29.6 Å². The van der Waals surface area contributed by atoms with Gasteiger partial charge in [-0.05, 0) is 64.4 Å². The molecule has 3 amide bonds. The number of carbonyl (C=O) groups is 3. The summed E-state index contributed by atoms with van der Waals surface area (Å²) >= 11 is 0. The van der Waals surface area contributed by atoms with E-state index in [0.29, 0.717) is 17.8 Å². The maximum absolute atomic E-state index is 14.7. The summed E-state index contributed by atoms with van der Waals surface area (Å²) < 4.78 is 0. The number of nitrogens with two attached hydrogens (primary N) is 1. The standard InChI is InChI=1S/C43H42N4O3/c1-4-13-35(40(44)48)37(24-28(2)3)42(49)46-41-43(50)47(38-21-11-10-20-36(38)39(45-41)31-16-6-5-7-17-31)27-29-14-12-19-32(25-29)34-23-22-30-15-8-9-18-33(30)26-34/h4-12,14-23,25-26,28,35,37,41H,1,13,24,27H2,2-3H3,(H2,44,48)(H,46,49). The van der Waals surface area contributed by atoms with Crippen LogP contribution in [0, 0.1) is 17.8 Å². The zero-order valence-corrected chi connectivity index (χ0v) is 28.5. The van der Waals surface area contributed by atoms with Gasteiger partial charge in [0.1, 0.15) is 0 Å². The Kier molecular flexibility index (Phi) is 10.3. The molecule has 50 heavy (non-hydrogen) atoms. The highest BCUT2D eigenvalue weighted by molar-refractivity contribution is 6.20. The number of rotatable bonds is 12. The van der Waals surface area contributed by atoms with Crippen molar-refractivity contribution in [1.29, 1.82) is 0 Å². The summed E-state index contributed by atoms with van der Waals surface area (Å²) in [5.41, 5.74) is 11.7. The van der Waals surface area contributed by atoms with Crippen LogP contribution in [0.15, 0.2) is 139 Å². The molecule has 5 aromatic carbocycles. The second-order valence-electron chi connectivity index (χ2n) is 13.2. The lowest BCUT2D eigenvalue weighted by atomic mass is 9.82. The molecule has 1 aliphatic rings. The van der Waals surface area contributed by atoms with E-state index in [0.717, 1.165) is 33.2 Å². The van der Waals surface area contributed by atoms with Crippen molar-refractivity contribution in [2.24, 2.45) is 28.5 Å². The van der Waals surface area contributed by atoms with Crippen molar-refractivity contribution in [3.8, 4) is 11.1 Å². The third-order valence-corrected chi connectivity index (χ3v) is 9.22. The quantitative estimate of drug-likeness (QED) is 0.134. The van der Waals surface area contributed by atoms with Crippen molar-refractivity contribution in [3.63, 3.8) is 0 Å². The molecule has 3 unspecified atom stereocenters. The number of carbonyl (C=O) groups excluding carboxylic acids is 3. The molecule has 252 valence electrons. The Morgan fingerprint density at radius 2 is 1.50 bits per heavy atom. The van der Waals surface area contributed by atoms with Gasteiger partial charge < -0.3 is 16.0 Å². The van der Waals surface area contributed by atoms with Crippen LogP contribution < -0.4 is 16.0 Å². The number of aliphatic imine (C=N–C) groups is 1. The summed E-state index contributed by atoms with van der Waals surface area (Å²) in [6, 6.07) is 40.2. The number of nitrogens with zero attached hydrogens (tertiary/aromatic N) is 2. The Morgan fingerprint density at radius 3 is 2.24 bits per heavy atom. The Labute approximate surface area is 293 Å². The Morgan fingerprint density at radius 1 is 0.820 bits per heavy atom. The molecule has 0 radical (unpaired) electrons. The van der Waals surface area contributed by atoms with Gasteiger partial charge in [0.15, 0.2) is 0 Å². The third-order valence-electron chi connectivity index (χ3n) is 9.22. The van der Waals surface area contributed by atoms with Gasteiger partial charge in [0.05, 0.1) is 29.8 Å². The highest BCUT2D eigenvalue weighted by Gasteiger charge is 2.37. The number of allylic oxidation sites excluding steroid dienone is 1. The summed E-state index contributed by atoms with van der Waals surface area (Å²) in [5, 5.41) is 5.27. The first-order valence-electron chi connectivity index (χ1n) is 17.1. The minimum Gasteiger partial charge on any atom is -0.369 e. The van der Waals surface area contributed by atoms with E-state index in [1.54, 1.807) is 11.0 Å². The number of amides is 3. The zero-order valence-electron chi connectivity index (χ0n) is 28.5. The smallest absolute Gasteiger partial charge is 0.272 e. The summed E-state index contributed by atoms with van der Waals surface area (Å²) in [6.45, 7) is 7.99. The van der Waals surface area contributed by atoms with Crippen molar-refractivity contribution in [3.05, 3.63) is 151 Å². The molecule has 0 saturated heterocycles. The van der Waals surface area contributed by atoms with Gasteiger partial charge in [-0.25, -0.2) is 4.99 Å². The first-order chi connectivity index (χ1) is 24.2. The van der Waals surface area contributed by atoms with Gasteiger partial charge in [0.2, 0.25) is 18.0 Å². The molecule has 6 rings (SSSR count). The molecule has 0 bridgehead atoms. The van der Waals surface area contributed by atoms with Crippen LogP contribution in [0.3, 0.4) is 0 Å². The summed E-state index contributed by atoms with van der Waals surface area (Å²) in [6.07, 6.45) is 1.01. The lowest BCUT2D eigenvalue weighted by Gasteiger charge is -2.28. The van der Waals surface area contributed by atoms with E-state index in [1.807, 2.05) is 92.7 Å². The minimum absolute atomic E-state index is 0.0984. The average molecular weight is 663 g/mol. The fourth-order valence-electron chi connectivity index (χ4n) is 6.78. The molecule has 1 aliphatic heterocycles. The zero-order chi connectivity index (χ0) is 35.2. The van der Waals surface area contributed by atoms with Gasteiger partial charge in [-0.15, -0.1) is 6.58 Å². The van der Waals surface area contributed by atoms with Gasteiger partial charge in [-0.2, -0.15) is 0 Å². The first-order valence-corrected chi connectivity index (χ1v) is 17.1. The van der Waals surface area contributed by atoms with E-state index in [4.69, 9.17) is 10.7 Å². The SMILES string of the molecule is C=CCC(C(N)=O)C(CC(C)C)C(=O)NC1N=C(c2ccccc2)c2ccccc2N(Cc2cccc(-c3ccc4ccccc4c3)c2)C1=O. The van der Waals surface area contributed by atoms with Crippen molar-refractivity contribution >= 4 is 39.9 Å². The van der Waals surface area contributed by atoms with Crippen LogP contribution in [0.25, 0.3) is 21.9 Å². The van der Waals surface area contributed by atoms with E-state index in [2.05, 4.69) is 54.4 Å². The van der Waals surface area contributed by atoms with E-state index in [-0.39, 0.29) is 24.8 Å². The normalized spacial score (nSPS) is 15.5.